The van der Waals surface area contributed by atoms with Crippen molar-refractivity contribution < 1.29 is 0 Å². The van der Waals surface area contributed by atoms with Gasteiger partial charge in [0.15, 0.2) is 5.96 Å². The zero-order chi connectivity index (χ0) is 16.1. The van der Waals surface area contributed by atoms with Crippen LogP contribution in [-0.4, -0.2) is 22.3 Å². The zero-order valence-corrected chi connectivity index (χ0v) is 16.5. The predicted octanol–water partition coefficient (Wildman–Crippen LogP) is 3.17. The summed E-state index contributed by atoms with van der Waals surface area (Å²) in [6, 6.07) is 10.1. The summed E-state index contributed by atoms with van der Waals surface area (Å²) in [5, 5.41) is 7.75. The molecule has 3 N–H and O–H groups in total. The monoisotopic (exact) mass is 427 g/mol. The average Bonchev–Trinajstić information content (AvgIpc) is 2.79. The van der Waals surface area contributed by atoms with Crippen molar-refractivity contribution in [2.75, 3.05) is 6.54 Å². The van der Waals surface area contributed by atoms with Crippen LogP contribution in [0.1, 0.15) is 30.8 Å². The van der Waals surface area contributed by atoms with Gasteiger partial charge in [-0.3, -0.25) is 0 Å². The molecule has 0 saturated heterocycles. The van der Waals surface area contributed by atoms with Gasteiger partial charge < -0.3 is 11.1 Å². The molecule has 1 aromatic carbocycles. The minimum atomic E-state index is 0. The van der Waals surface area contributed by atoms with Gasteiger partial charge in [-0.05, 0) is 31.9 Å². The highest BCUT2D eigenvalue weighted by Gasteiger charge is 2.12. The molecule has 126 valence electrons. The lowest BCUT2D eigenvalue weighted by Crippen LogP contribution is -2.34. The third-order valence-corrected chi connectivity index (χ3v) is 3.54. The van der Waals surface area contributed by atoms with Crippen LogP contribution >= 0.6 is 24.0 Å². The average molecular weight is 427 g/mol. The van der Waals surface area contributed by atoms with E-state index in [0.717, 1.165) is 29.2 Å². The van der Waals surface area contributed by atoms with Crippen molar-refractivity contribution in [2.45, 2.75) is 34.2 Å². The van der Waals surface area contributed by atoms with Crippen molar-refractivity contribution in [3.8, 4) is 5.69 Å². The summed E-state index contributed by atoms with van der Waals surface area (Å²) < 4.78 is 1.96. The van der Waals surface area contributed by atoms with Gasteiger partial charge in [0.1, 0.15) is 0 Å². The van der Waals surface area contributed by atoms with E-state index in [4.69, 9.17) is 5.73 Å². The summed E-state index contributed by atoms with van der Waals surface area (Å²) in [6.45, 7) is 9.72. The largest absolute Gasteiger partial charge is 0.370 e. The molecule has 0 atom stereocenters. The van der Waals surface area contributed by atoms with E-state index < -0.39 is 0 Å². The van der Waals surface area contributed by atoms with Crippen molar-refractivity contribution >= 4 is 29.9 Å². The summed E-state index contributed by atoms with van der Waals surface area (Å²) in [7, 11) is 0. The molecule has 0 aliphatic rings. The van der Waals surface area contributed by atoms with E-state index in [2.05, 4.69) is 36.2 Å². The van der Waals surface area contributed by atoms with Gasteiger partial charge in [-0.2, -0.15) is 5.10 Å². The molecule has 0 radical (unpaired) electrons. The lowest BCUT2D eigenvalue weighted by molar-refractivity contribution is 0.621. The zero-order valence-electron chi connectivity index (χ0n) is 14.2. The number of rotatable bonds is 5. The quantitative estimate of drug-likeness (QED) is 0.438. The molecule has 6 heteroatoms. The molecule has 0 spiro atoms. The topological polar surface area (TPSA) is 68.2 Å². The Balaban J connectivity index is 0.00000264. The SMILES string of the molecule is Cc1nn(-c2ccccc2)c(C)c1CN=C(N)NCC(C)C.I. The number of hydrogen-bond acceptors (Lipinski definition) is 2. The molecule has 1 heterocycles. The standard InChI is InChI=1S/C17H25N5.HI/c1-12(2)10-19-17(18)20-11-16-13(3)21-22(14(16)4)15-8-6-5-7-9-15;/h5-9,12H,10-11H2,1-4H3,(H3,18,19,20);1H. The van der Waals surface area contributed by atoms with E-state index in [1.165, 1.54) is 0 Å². The van der Waals surface area contributed by atoms with E-state index in [-0.39, 0.29) is 24.0 Å². The number of halogens is 1. The smallest absolute Gasteiger partial charge is 0.188 e. The minimum Gasteiger partial charge on any atom is -0.370 e. The first-order valence-electron chi connectivity index (χ1n) is 7.63. The summed E-state index contributed by atoms with van der Waals surface area (Å²) in [6.07, 6.45) is 0. The van der Waals surface area contributed by atoms with Crippen LogP contribution in [0.15, 0.2) is 35.3 Å². The normalized spacial score (nSPS) is 11.4. The molecule has 0 unspecified atom stereocenters. The highest BCUT2D eigenvalue weighted by Crippen LogP contribution is 2.18. The van der Waals surface area contributed by atoms with Crippen LogP contribution in [0.2, 0.25) is 0 Å². The van der Waals surface area contributed by atoms with Gasteiger partial charge in [-0.15, -0.1) is 24.0 Å². The van der Waals surface area contributed by atoms with E-state index in [1.807, 2.05) is 41.9 Å². The fraction of sp³-hybridized carbons (Fsp3) is 0.412. The van der Waals surface area contributed by atoms with Crippen molar-refractivity contribution in [1.29, 1.82) is 0 Å². The summed E-state index contributed by atoms with van der Waals surface area (Å²) >= 11 is 0. The first-order chi connectivity index (χ1) is 10.5. The Morgan fingerprint density at radius 2 is 1.91 bits per heavy atom. The summed E-state index contributed by atoms with van der Waals surface area (Å²) in [5.74, 6) is 1.03. The van der Waals surface area contributed by atoms with Gasteiger partial charge in [-0.1, -0.05) is 32.0 Å². The molecule has 0 aliphatic carbocycles. The Morgan fingerprint density at radius 3 is 2.52 bits per heavy atom. The molecule has 5 nitrogen and oxygen atoms in total. The number of guanidine groups is 1. The minimum absolute atomic E-state index is 0. The third kappa shape index (κ3) is 5.23. The number of nitrogens with one attached hydrogen (secondary N) is 1. The van der Waals surface area contributed by atoms with Crippen LogP contribution in [0.25, 0.3) is 5.69 Å². The third-order valence-electron chi connectivity index (χ3n) is 3.54. The number of nitrogens with zero attached hydrogens (tertiary/aromatic N) is 3. The molecule has 2 aromatic rings. The molecular weight excluding hydrogens is 401 g/mol. The molecule has 23 heavy (non-hydrogen) atoms. The number of hydrogen-bond donors (Lipinski definition) is 2. The molecule has 0 bridgehead atoms. The summed E-state index contributed by atoms with van der Waals surface area (Å²) in [5.41, 5.74) is 10.2. The van der Waals surface area contributed by atoms with Crippen molar-refractivity contribution in [1.82, 2.24) is 15.1 Å². The van der Waals surface area contributed by atoms with E-state index in [1.54, 1.807) is 0 Å². The van der Waals surface area contributed by atoms with Gasteiger partial charge >= 0.3 is 0 Å². The summed E-state index contributed by atoms with van der Waals surface area (Å²) in [4.78, 5) is 4.43. The van der Waals surface area contributed by atoms with Crippen LogP contribution < -0.4 is 11.1 Å². The second kappa shape index (κ2) is 8.90. The number of nitrogens with two attached hydrogens (primary N) is 1. The van der Waals surface area contributed by atoms with Crippen molar-refractivity contribution in [3.63, 3.8) is 0 Å². The number of para-hydroxylation sites is 1. The number of aromatic nitrogens is 2. The van der Waals surface area contributed by atoms with E-state index in [9.17, 15) is 0 Å². The van der Waals surface area contributed by atoms with Gasteiger partial charge in [0, 0.05) is 17.8 Å². The van der Waals surface area contributed by atoms with Gasteiger partial charge in [0.25, 0.3) is 0 Å². The lowest BCUT2D eigenvalue weighted by atomic mass is 10.2. The van der Waals surface area contributed by atoms with E-state index >= 15 is 0 Å². The molecular formula is C17H26IN5. The maximum Gasteiger partial charge on any atom is 0.188 e. The second-order valence-corrected chi connectivity index (χ2v) is 5.87. The first kappa shape index (κ1) is 19.5. The number of aryl methyl sites for hydroxylation is 1. The maximum absolute atomic E-state index is 5.90. The highest BCUT2D eigenvalue weighted by molar-refractivity contribution is 14.0. The maximum atomic E-state index is 5.90. The molecule has 1 aromatic heterocycles. The molecule has 0 saturated carbocycles. The van der Waals surface area contributed by atoms with Crippen molar-refractivity contribution in [2.24, 2.45) is 16.6 Å². The van der Waals surface area contributed by atoms with Crippen LogP contribution in [0.5, 0.6) is 0 Å². The van der Waals surface area contributed by atoms with Crippen LogP contribution in [0.3, 0.4) is 0 Å². The number of benzene rings is 1. The molecule has 0 aliphatic heterocycles. The lowest BCUT2D eigenvalue weighted by Gasteiger charge is -2.08. The predicted molar refractivity (Wildman–Crippen MR) is 107 cm³/mol. The highest BCUT2D eigenvalue weighted by atomic mass is 127. The Morgan fingerprint density at radius 1 is 1.26 bits per heavy atom. The Kier molecular flexibility index (Phi) is 7.54. The molecule has 0 amide bonds. The number of aliphatic imine (C=N–C) groups is 1. The van der Waals surface area contributed by atoms with Gasteiger partial charge in [-0.25, -0.2) is 9.67 Å². The van der Waals surface area contributed by atoms with Crippen LogP contribution in [0, 0.1) is 19.8 Å². The van der Waals surface area contributed by atoms with Gasteiger partial charge in [0.05, 0.1) is 17.9 Å². The van der Waals surface area contributed by atoms with Crippen LogP contribution in [0.4, 0.5) is 0 Å². The van der Waals surface area contributed by atoms with E-state index in [0.29, 0.717) is 18.4 Å². The fourth-order valence-electron chi connectivity index (χ4n) is 2.25. The van der Waals surface area contributed by atoms with Crippen LogP contribution in [-0.2, 0) is 6.54 Å². The second-order valence-electron chi connectivity index (χ2n) is 5.87. The fourth-order valence-corrected chi connectivity index (χ4v) is 2.25. The molecule has 0 fully saturated rings. The van der Waals surface area contributed by atoms with Gasteiger partial charge in [0.2, 0.25) is 0 Å². The first-order valence-corrected chi connectivity index (χ1v) is 7.63. The Bertz CT molecular complexity index is 647. The molecule has 2 rings (SSSR count). The van der Waals surface area contributed by atoms with Crippen molar-refractivity contribution in [3.05, 3.63) is 47.3 Å². The Labute approximate surface area is 155 Å². The Hall–Kier alpha value is -1.57.